The molecule has 2 aromatic rings. The van der Waals surface area contributed by atoms with Gasteiger partial charge in [-0.3, -0.25) is 9.10 Å². The topological polar surface area (TPSA) is 95.1 Å². The molecule has 31 heavy (non-hydrogen) atoms. The standard InChI is InChI=1S/C20H22FN3O5S2/c21-17-4-8-19(9-5-17)31(28,29)23-13-11-22(12-14-23)20(25)16-2-6-18(7-3-16)24-10-1-15-30(24,26)27/h2-9H,1,10-15H2. The SMILES string of the molecule is O=C(c1ccc(N2CCCS2(=O)=O)cc1)N1CCN(S(=O)(=O)c2ccc(F)cc2)CC1. The van der Waals surface area contributed by atoms with Crippen LogP contribution in [0.2, 0.25) is 0 Å². The van der Waals surface area contributed by atoms with E-state index in [-0.39, 0.29) is 42.7 Å². The minimum atomic E-state index is -3.75. The summed E-state index contributed by atoms with van der Waals surface area (Å²) >= 11 is 0. The quantitative estimate of drug-likeness (QED) is 0.679. The van der Waals surface area contributed by atoms with E-state index in [4.69, 9.17) is 0 Å². The lowest BCUT2D eigenvalue weighted by molar-refractivity contribution is 0.0698. The molecule has 0 radical (unpaired) electrons. The van der Waals surface area contributed by atoms with Crippen LogP contribution in [0, 0.1) is 5.82 Å². The summed E-state index contributed by atoms with van der Waals surface area (Å²) in [4.78, 5) is 14.4. The normalized spacial score (nSPS) is 19.5. The Labute approximate surface area is 181 Å². The number of halogens is 1. The zero-order valence-electron chi connectivity index (χ0n) is 16.6. The van der Waals surface area contributed by atoms with Crippen molar-refractivity contribution in [2.45, 2.75) is 11.3 Å². The Hall–Kier alpha value is -2.50. The molecule has 0 unspecified atom stereocenters. The first-order valence-corrected chi connectivity index (χ1v) is 12.9. The van der Waals surface area contributed by atoms with Crippen LogP contribution in [0.5, 0.6) is 0 Å². The Kier molecular flexibility index (Phi) is 5.75. The number of hydrogen-bond acceptors (Lipinski definition) is 5. The minimum Gasteiger partial charge on any atom is -0.336 e. The predicted octanol–water partition coefficient (Wildman–Crippen LogP) is 1.51. The highest BCUT2D eigenvalue weighted by Crippen LogP contribution is 2.25. The van der Waals surface area contributed by atoms with Gasteiger partial charge in [0, 0.05) is 38.3 Å². The molecule has 2 fully saturated rings. The molecular weight excluding hydrogens is 445 g/mol. The summed E-state index contributed by atoms with van der Waals surface area (Å²) in [6.45, 7) is 1.15. The van der Waals surface area contributed by atoms with E-state index in [1.807, 2.05) is 0 Å². The maximum absolute atomic E-state index is 13.1. The molecule has 0 aromatic heterocycles. The number of anilines is 1. The molecule has 2 heterocycles. The van der Waals surface area contributed by atoms with Crippen LogP contribution in [-0.4, -0.2) is 70.4 Å². The number of amides is 1. The van der Waals surface area contributed by atoms with Gasteiger partial charge >= 0.3 is 0 Å². The fourth-order valence-electron chi connectivity index (χ4n) is 3.77. The second-order valence-corrected chi connectivity index (χ2v) is 11.4. The monoisotopic (exact) mass is 467 g/mol. The van der Waals surface area contributed by atoms with Gasteiger partial charge in [0.25, 0.3) is 5.91 Å². The fraction of sp³-hybridized carbons (Fsp3) is 0.350. The number of carbonyl (C=O) groups excluding carboxylic acids is 1. The first-order chi connectivity index (χ1) is 14.7. The van der Waals surface area contributed by atoms with E-state index in [0.29, 0.717) is 24.2 Å². The van der Waals surface area contributed by atoms with Crippen LogP contribution in [-0.2, 0) is 20.0 Å². The van der Waals surface area contributed by atoms with Gasteiger partial charge in [-0.2, -0.15) is 4.31 Å². The molecule has 2 aromatic carbocycles. The van der Waals surface area contributed by atoms with Crippen LogP contribution in [0.1, 0.15) is 16.8 Å². The Balaban J connectivity index is 1.41. The van der Waals surface area contributed by atoms with Crippen LogP contribution in [0.3, 0.4) is 0 Å². The highest BCUT2D eigenvalue weighted by molar-refractivity contribution is 7.93. The molecule has 166 valence electrons. The predicted molar refractivity (Wildman–Crippen MR) is 113 cm³/mol. The van der Waals surface area contributed by atoms with Gasteiger partial charge < -0.3 is 4.90 Å². The molecule has 2 saturated heterocycles. The van der Waals surface area contributed by atoms with Gasteiger partial charge in [0.15, 0.2) is 0 Å². The molecule has 4 rings (SSSR count). The molecule has 11 heteroatoms. The third kappa shape index (κ3) is 4.30. The van der Waals surface area contributed by atoms with E-state index in [1.54, 1.807) is 29.2 Å². The van der Waals surface area contributed by atoms with Gasteiger partial charge in [-0.1, -0.05) is 0 Å². The number of benzene rings is 2. The van der Waals surface area contributed by atoms with Crippen molar-refractivity contribution < 1.29 is 26.0 Å². The number of carbonyl (C=O) groups is 1. The molecule has 0 aliphatic carbocycles. The Bertz CT molecular complexity index is 1170. The smallest absolute Gasteiger partial charge is 0.253 e. The van der Waals surface area contributed by atoms with Gasteiger partial charge in [0.2, 0.25) is 20.0 Å². The van der Waals surface area contributed by atoms with Crippen molar-refractivity contribution >= 4 is 31.6 Å². The van der Waals surface area contributed by atoms with Gasteiger partial charge in [-0.05, 0) is 55.0 Å². The molecular formula is C20H22FN3O5S2. The second-order valence-electron chi connectivity index (χ2n) is 7.44. The summed E-state index contributed by atoms with van der Waals surface area (Å²) in [6.07, 6.45) is 0.578. The zero-order valence-corrected chi connectivity index (χ0v) is 18.3. The maximum Gasteiger partial charge on any atom is 0.253 e. The van der Waals surface area contributed by atoms with Crippen LogP contribution >= 0.6 is 0 Å². The van der Waals surface area contributed by atoms with Crippen molar-refractivity contribution in [2.75, 3.05) is 42.8 Å². The van der Waals surface area contributed by atoms with E-state index in [9.17, 15) is 26.0 Å². The number of rotatable bonds is 4. The maximum atomic E-state index is 13.1. The highest BCUT2D eigenvalue weighted by atomic mass is 32.2. The van der Waals surface area contributed by atoms with Crippen molar-refractivity contribution in [2.24, 2.45) is 0 Å². The average molecular weight is 468 g/mol. The van der Waals surface area contributed by atoms with Gasteiger partial charge in [-0.25, -0.2) is 21.2 Å². The second kappa shape index (κ2) is 8.21. The summed E-state index contributed by atoms with van der Waals surface area (Å²) in [5, 5.41) is 0. The fourth-order valence-corrected chi connectivity index (χ4v) is 6.76. The number of nitrogens with zero attached hydrogens (tertiary/aromatic N) is 3. The lowest BCUT2D eigenvalue weighted by Crippen LogP contribution is -2.50. The summed E-state index contributed by atoms with van der Waals surface area (Å²) in [5.74, 6) is -0.629. The Morgan fingerprint density at radius 2 is 1.48 bits per heavy atom. The van der Waals surface area contributed by atoms with Gasteiger partial charge in [0.05, 0.1) is 16.3 Å². The summed E-state index contributed by atoms with van der Waals surface area (Å²) in [6, 6.07) is 11.1. The van der Waals surface area contributed by atoms with E-state index >= 15 is 0 Å². The molecule has 0 saturated carbocycles. The molecule has 0 bridgehead atoms. The van der Waals surface area contributed by atoms with Crippen LogP contribution in [0.25, 0.3) is 0 Å². The van der Waals surface area contributed by atoms with Gasteiger partial charge in [-0.15, -0.1) is 0 Å². The Morgan fingerprint density at radius 3 is 2.03 bits per heavy atom. The van der Waals surface area contributed by atoms with E-state index in [2.05, 4.69) is 0 Å². The van der Waals surface area contributed by atoms with E-state index in [0.717, 1.165) is 12.1 Å². The van der Waals surface area contributed by atoms with Crippen molar-refractivity contribution in [3.8, 4) is 0 Å². The molecule has 1 amide bonds. The van der Waals surface area contributed by atoms with Crippen LogP contribution in [0.4, 0.5) is 10.1 Å². The minimum absolute atomic E-state index is 0.0149. The molecule has 0 N–H and O–H groups in total. The average Bonchev–Trinajstić information content (AvgIpc) is 3.12. The van der Waals surface area contributed by atoms with Crippen LogP contribution < -0.4 is 4.31 Å². The summed E-state index contributed by atoms with van der Waals surface area (Å²) in [7, 11) is -7.04. The van der Waals surface area contributed by atoms with Crippen molar-refractivity contribution in [3.05, 3.63) is 59.9 Å². The molecule has 2 aliphatic rings. The Morgan fingerprint density at radius 1 is 0.871 bits per heavy atom. The van der Waals surface area contributed by atoms with Crippen molar-refractivity contribution in [1.29, 1.82) is 0 Å². The van der Waals surface area contributed by atoms with Crippen molar-refractivity contribution in [1.82, 2.24) is 9.21 Å². The third-order valence-corrected chi connectivity index (χ3v) is 9.26. The van der Waals surface area contributed by atoms with E-state index < -0.39 is 25.9 Å². The third-order valence-electron chi connectivity index (χ3n) is 5.48. The van der Waals surface area contributed by atoms with Gasteiger partial charge in [0.1, 0.15) is 5.82 Å². The molecule has 0 spiro atoms. The lowest BCUT2D eigenvalue weighted by Gasteiger charge is -2.34. The molecule has 0 atom stereocenters. The molecule has 2 aliphatic heterocycles. The largest absolute Gasteiger partial charge is 0.336 e. The van der Waals surface area contributed by atoms with E-state index in [1.165, 1.54) is 20.7 Å². The number of piperazine rings is 1. The first kappa shape index (κ1) is 21.7. The number of sulfonamides is 2. The molecule has 8 nitrogen and oxygen atoms in total. The highest BCUT2D eigenvalue weighted by Gasteiger charge is 2.31. The number of hydrogen-bond donors (Lipinski definition) is 0. The zero-order chi connectivity index (χ0) is 22.2. The summed E-state index contributed by atoms with van der Waals surface area (Å²) in [5.41, 5.74) is 0.944. The van der Waals surface area contributed by atoms with Crippen molar-refractivity contribution in [3.63, 3.8) is 0 Å². The summed E-state index contributed by atoms with van der Waals surface area (Å²) < 4.78 is 65.2. The first-order valence-electron chi connectivity index (χ1n) is 9.84. The van der Waals surface area contributed by atoms with Crippen LogP contribution in [0.15, 0.2) is 53.4 Å². The lowest BCUT2D eigenvalue weighted by atomic mass is 10.1.